The lowest BCUT2D eigenvalue weighted by Gasteiger charge is -2.15. The Morgan fingerprint density at radius 1 is 1.57 bits per heavy atom. The largest absolute Gasteiger partial charge is 0.481 e. The van der Waals surface area contributed by atoms with E-state index in [4.69, 9.17) is 5.11 Å². The number of carbonyl (C=O) groups is 2. The first-order valence-electron chi connectivity index (χ1n) is 4.35. The summed E-state index contributed by atoms with van der Waals surface area (Å²) >= 11 is 0. The van der Waals surface area contributed by atoms with E-state index in [1.54, 1.807) is 13.1 Å². The fourth-order valence-electron chi connectivity index (χ4n) is 0.804. The van der Waals surface area contributed by atoms with Crippen molar-refractivity contribution < 1.29 is 14.7 Å². The number of rotatable bonds is 7. The van der Waals surface area contributed by atoms with E-state index >= 15 is 0 Å². The van der Waals surface area contributed by atoms with Gasteiger partial charge in [-0.3, -0.25) is 9.59 Å². The summed E-state index contributed by atoms with van der Waals surface area (Å²) in [7, 11) is 1.58. The van der Waals surface area contributed by atoms with E-state index < -0.39 is 5.97 Å². The molecular weight excluding hydrogens is 184 g/mol. The minimum absolute atomic E-state index is 0.0241. The molecule has 0 unspecified atom stereocenters. The lowest BCUT2D eigenvalue weighted by Crippen LogP contribution is -2.36. The van der Waals surface area contributed by atoms with Crippen molar-refractivity contribution in [2.45, 2.75) is 6.42 Å². The van der Waals surface area contributed by atoms with Crippen LogP contribution in [0.15, 0.2) is 12.7 Å². The third-order valence-corrected chi connectivity index (χ3v) is 1.65. The van der Waals surface area contributed by atoms with Gasteiger partial charge in [-0.15, -0.1) is 6.58 Å². The number of nitrogens with one attached hydrogen (secondary N) is 1. The van der Waals surface area contributed by atoms with Gasteiger partial charge in [0.1, 0.15) is 0 Å². The number of carboxylic acids is 1. The van der Waals surface area contributed by atoms with Gasteiger partial charge < -0.3 is 15.3 Å². The van der Waals surface area contributed by atoms with Crippen LogP contribution in [-0.2, 0) is 9.59 Å². The van der Waals surface area contributed by atoms with Gasteiger partial charge in [0.05, 0.1) is 13.0 Å². The SMILES string of the molecule is C=CCNCC(=O)N(C)CCC(=O)O. The van der Waals surface area contributed by atoms with Crippen LogP contribution < -0.4 is 5.32 Å². The number of likely N-dealkylation sites (N-methyl/N-ethyl adjacent to an activating group) is 1. The molecule has 0 aliphatic carbocycles. The first-order chi connectivity index (χ1) is 6.57. The second kappa shape index (κ2) is 7.08. The lowest BCUT2D eigenvalue weighted by molar-refractivity contribution is -0.138. The van der Waals surface area contributed by atoms with Crippen LogP contribution in [0.3, 0.4) is 0 Å². The number of carbonyl (C=O) groups excluding carboxylic acids is 1. The Labute approximate surface area is 83.4 Å². The molecule has 0 saturated heterocycles. The van der Waals surface area contributed by atoms with Crippen LogP contribution >= 0.6 is 0 Å². The minimum atomic E-state index is -0.899. The van der Waals surface area contributed by atoms with E-state index in [-0.39, 0.29) is 25.4 Å². The summed E-state index contributed by atoms with van der Waals surface area (Å²) < 4.78 is 0. The van der Waals surface area contributed by atoms with Crippen molar-refractivity contribution in [3.05, 3.63) is 12.7 Å². The molecule has 0 radical (unpaired) electrons. The van der Waals surface area contributed by atoms with Crippen LogP contribution in [-0.4, -0.2) is 48.6 Å². The molecule has 0 spiro atoms. The van der Waals surface area contributed by atoms with E-state index in [2.05, 4.69) is 11.9 Å². The van der Waals surface area contributed by atoms with Crippen molar-refractivity contribution in [1.82, 2.24) is 10.2 Å². The lowest BCUT2D eigenvalue weighted by atomic mass is 10.4. The second-order valence-corrected chi connectivity index (χ2v) is 2.88. The van der Waals surface area contributed by atoms with Crippen LogP contribution in [0, 0.1) is 0 Å². The zero-order chi connectivity index (χ0) is 11.0. The highest BCUT2D eigenvalue weighted by atomic mass is 16.4. The smallest absolute Gasteiger partial charge is 0.305 e. The maximum atomic E-state index is 11.3. The molecule has 0 bridgehead atoms. The standard InChI is InChI=1S/C9H16N2O3/c1-3-5-10-7-8(12)11(2)6-4-9(13)14/h3,10H,1,4-7H2,2H3,(H,13,14). The fourth-order valence-corrected chi connectivity index (χ4v) is 0.804. The Kier molecular flexibility index (Phi) is 6.39. The summed E-state index contributed by atoms with van der Waals surface area (Å²) in [4.78, 5) is 22.9. The van der Waals surface area contributed by atoms with Crippen molar-refractivity contribution in [1.29, 1.82) is 0 Å². The summed E-state index contributed by atoms with van der Waals surface area (Å²) in [6.07, 6.45) is 1.63. The van der Waals surface area contributed by atoms with Crippen LogP contribution in [0.2, 0.25) is 0 Å². The normalized spacial score (nSPS) is 9.50. The molecular formula is C9H16N2O3. The maximum Gasteiger partial charge on any atom is 0.305 e. The van der Waals surface area contributed by atoms with Crippen LogP contribution in [0.4, 0.5) is 0 Å². The number of carboxylic acid groups (broad SMARTS) is 1. The molecule has 0 saturated carbocycles. The van der Waals surface area contributed by atoms with Gasteiger partial charge in [-0.1, -0.05) is 6.08 Å². The molecule has 5 heteroatoms. The Balaban J connectivity index is 3.64. The van der Waals surface area contributed by atoms with Gasteiger partial charge in [0.2, 0.25) is 5.91 Å². The van der Waals surface area contributed by atoms with Gasteiger partial charge in [0, 0.05) is 20.1 Å². The zero-order valence-electron chi connectivity index (χ0n) is 8.32. The topological polar surface area (TPSA) is 69.6 Å². The molecule has 0 heterocycles. The quantitative estimate of drug-likeness (QED) is 0.437. The van der Waals surface area contributed by atoms with Gasteiger partial charge in [-0.25, -0.2) is 0 Å². The Morgan fingerprint density at radius 2 is 2.21 bits per heavy atom. The highest BCUT2D eigenvalue weighted by Crippen LogP contribution is 1.88. The molecule has 80 valence electrons. The number of amides is 1. The van der Waals surface area contributed by atoms with Gasteiger partial charge in [-0.05, 0) is 0 Å². The average Bonchev–Trinajstić information content (AvgIpc) is 2.14. The van der Waals surface area contributed by atoms with Gasteiger partial charge in [0.15, 0.2) is 0 Å². The predicted octanol–water partition coefficient (Wildman–Crippen LogP) is -0.305. The molecule has 0 rings (SSSR count). The average molecular weight is 200 g/mol. The van der Waals surface area contributed by atoms with Crippen LogP contribution in [0.25, 0.3) is 0 Å². The zero-order valence-corrected chi connectivity index (χ0v) is 8.32. The number of nitrogens with zero attached hydrogens (tertiary/aromatic N) is 1. The van der Waals surface area contributed by atoms with Gasteiger partial charge in [0.25, 0.3) is 0 Å². The number of aliphatic carboxylic acids is 1. The van der Waals surface area contributed by atoms with E-state index in [0.717, 1.165) is 0 Å². The summed E-state index contributed by atoms with van der Waals surface area (Å²) in [6.45, 7) is 4.52. The van der Waals surface area contributed by atoms with Crippen LogP contribution in [0.5, 0.6) is 0 Å². The first kappa shape index (κ1) is 12.6. The van der Waals surface area contributed by atoms with Crippen molar-refractivity contribution in [3.8, 4) is 0 Å². The molecule has 2 N–H and O–H groups in total. The Hall–Kier alpha value is -1.36. The number of hydrogen-bond donors (Lipinski definition) is 2. The highest BCUT2D eigenvalue weighted by molar-refractivity contribution is 5.78. The monoisotopic (exact) mass is 200 g/mol. The van der Waals surface area contributed by atoms with E-state index in [9.17, 15) is 9.59 Å². The first-order valence-corrected chi connectivity index (χ1v) is 4.35. The summed E-state index contributed by atoms with van der Waals surface area (Å²) in [5.41, 5.74) is 0. The van der Waals surface area contributed by atoms with Gasteiger partial charge in [-0.2, -0.15) is 0 Å². The fraction of sp³-hybridized carbons (Fsp3) is 0.556. The molecule has 0 aliphatic heterocycles. The molecule has 0 aromatic carbocycles. The second-order valence-electron chi connectivity index (χ2n) is 2.88. The summed E-state index contributed by atoms with van der Waals surface area (Å²) in [5.74, 6) is -1.02. The Morgan fingerprint density at radius 3 is 2.71 bits per heavy atom. The van der Waals surface area contributed by atoms with Crippen molar-refractivity contribution in [3.63, 3.8) is 0 Å². The third kappa shape index (κ3) is 6.19. The molecule has 0 aliphatic rings. The molecule has 5 nitrogen and oxygen atoms in total. The van der Waals surface area contributed by atoms with Crippen LogP contribution in [0.1, 0.15) is 6.42 Å². The molecule has 0 aromatic rings. The highest BCUT2D eigenvalue weighted by Gasteiger charge is 2.08. The molecule has 0 aromatic heterocycles. The Bertz CT molecular complexity index is 216. The van der Waals surface area contributed by atoms with E-state index in [1.165, 1.54) is 4.90 Å². The summed E-state index contributed by atoms with van der Waals surface area (Å²) in [6, 6.07) is 0. The minimum Gasteiger partial charge on any atom is -0.481 e. The molecule has 0 atom stereocenters. The van der Waals surface area contributed by atoms with Crippen molar-refractivity contribution in [2.24, 2.45) is 0 Å². The third-order valence-electron chi connectivity index (χ3n) is 1.65. The molecule has 0 fully saturated rings. The predicted molar refractivity (Wildman–Crippen MR) is 53.0 cm³/mol. The molecule has 14 heavy (non-hydrogen) atoms. The van der Waals surface area contributed by atoms with E-state index in [0.29, 0.717) is 6.54 Å². The number of hydrogen-bond acceptors (Lipinski definition) is 3. The van der Waals surface area contributed by atoms with Gasteiger partial charge >= 0.3 is 5.97 Å². The van der Waals surface area contributed by atoms with Crippen molar-refractivity contribution in [2.75, 3.05) is 26.7 Å². The van der Waals surface area contributed by atoms with Crippen molar-refractivity contribution >= 4 is 11.9 Å². The maximum absolute atomic E-state index is 11.3. The van der Waals surface area contributed by atoms with E-state index in [1.807, 2.05) is 0 Å². The summed E-state index contributed by atoms with van der Waals surface area (Å²) in [5, 5.41) is 11.2. The molecule has 1 amide bonds.